The Morgan fingerprint density at radius 1 is 0.613 bits per heavy atom. The number of benzene rings is 3. The van der Waals surface area contributed by atoms with Crippen molar-refractivity contribution in [1.29, 1.82) is 0 Å². The molecule has 3 nitrogen and oxygen atoms in total. The molecule has 0 aliphatic heterocycles. The van der Waals surface area contributed by atoms with Crippen molar-refractivity contribution in [3.8, 4) is 33.8 Å². The molecule has 0 aliphatic carbocycles. The van der Waals surface area contributed by atoms with Gasteiger partial charge >= 0.3 is 0 Å². The van der Waals surface area contributed by atoms with Crippen LogP contribution in [0.3, 0.4) is 0 Å². The lowest BCUT2D eigenvalue weighted by Gasteiger charge is -2.07. The first-order valence-electron chi connectivity index (χ1n) is 10.1. The maximum Gasteiger partial charge on any atom is 0.161 e. The number of hydrogen-bond donors (Lipinski definition) is 0. The van der Waals surface area contributed by atoms with Crippen LogP contribution in [0.15, 0.2) is 104 Å². The highest BCUT2D eigenvalue weighted by atomic mass is 32.1. The molecular weight excluding hydrogens is 398 g/mol. The molecule has 0 amide bonds. The summed E-state index contributed by atoms with van der Waals surface area (Å²) in [5.41, 5.74) is 5.31. The first-order valence-corrected chi connectivity index (χ1v) is 10.9. The third-order valence-electron chi connectivity index (χ3n) is 5.48. The number of pyridine rings is 1. The average Bonchev–Trinajstić information content (AvgIpc) is 3.24. The van der Waals surface area contributed by atoms with E-state index in [2.05, 4.69) is 82.8 Å². The lowest BCUT2D eigenvalue weighted by atomic mass is 10.0. The predicted octanol–water partition coefficient (Wildman–Crippen LogP) is 7.24. The van der Waals surface area contributed by atoms with Gasteiger partial charge in [0.05, 0.1) is 5.69 Å². The molecule has 0 N–H and O–H groups in total. The second-order valence-corrected chi connectivity index (χ2v) is 8.42. The van der Waals surface area contributed by atoms with Crippen LogP contribution in [0, 0.1) is 0 Å². The predicted molar refractivity (Wildman–Crippen MR) is 129 cm³/mol. The second-order valence-electron chi connectivity index (χ2n) is 7.37. The minimum Gasteiger partial charge on any atom is -0.264 e. The van der Waals surface area contributed by atoms with Crippen molar-refractivity contribution in [3.05, 3.63) is 104 Å². The van der Waals surface area contributed by atoms with Crippen LogP contribution in [0.5, 0.6) is 0 Å². The van der Waals surface area contributed by atoms with Crippen LogP contribution in [-0.4, -0.2) is 15.0 Å². The highest BCUT2D eigenvalue weighted by Crippen LogP contribution is 2.39. The molecule has 0 unspecified atom stereocenters. The smallest absolute Gasteiger partial charge is 0.161 e. The molecular formula is C27H17N3S. The van der Waals surface area contributed by atoms with Crippen molar-refractivity contribution in [2.75, 3.05) is 0 Å². The number of fused-ring (bicyclic) bond motifs is 3. The second kappa shape index (κ2) is 7.42. The summed E-state index contributed by atoms with van der Waals surface area (Å²) >= 11 is 1.80. The Kier molecular flexibility index (Phi) is 4.29. The minimum absolute atomic E-state index is 0.756. The Labute approximate surface area is 183 Å². The van der Waals surface area contributed by atoms with E-state index >= 15 is 0 Å². The third kappa shape index (κ3) is 3.18. The van der Waals surface area contributed by atoms with Gasteiger partial charge in [0.1, 0.15) is 0 Å². The van der Waals surface area contributed by atoms with Gasteiger partial charge in [-0.3, -0.25) is 4.98 Å². The number of nitrogens with zero attached hydrogens (tertiary/aromatic N) is 3. The van der Waals surface area contributed by atoms with Crippen molar-refractivity contribution < 1.29 is 0 Å². The van der Waals surface area contributed by atoms with Gasteiger partial charge in [0, 0.05) is 49.9 Å². The van der Waals surface area contributed by atoms with E-state index in [1.54, 1.807) is 17.5 Å². The van der Waals surface area contributed by atoms with Gasteiger partial charge in [0.2, 0.25) is 0 Å². The zero-order chi connectivity index (χ0) is 20.6. The Bertz CT molecular complexity index is 1520. The van der Waals surface area contributed by atoms with Gasteiger partial charge in [0.15, 0.2) is 5.82 Å². The van der Waals surface area contributed by atoms with E-state index in [0.717, 1.165) is 33.8 Å². The minimum atomic E-state index is 0.756. The molecule has 0 aliphatic rings. The molecule has 0 saturated heterocycles. The molecule has 3 aromatic carbocycles. The number of aromatic nitrogens is 3. The summed E-state index contributed by atoms with van der Waals surface area (Å²) in [5, 5.41) is 2.54. The average molecular weight is 416 g/mol. The molecule has 6 aromatic rings. The van der Waals surface area contributed by atoms with Crippen LogP contribution in [0.2, 0.25) is 0 Å². The molecule has 3 heterocycles. The van der Waals surface area contributed by atoms with E-state index in [1.165, 1.54) is 20.2 Å². The molecule has 3 aromatic heterocycles. The lowest BCUT2D eigenvalue weighted by Crippen LogP contribution is -1.92. The van der Waals surface area contributed by atoms with Gasteiger partial charge < -0.3 is 0 Å². The summed E-state index contributed by atoms with van der Waals surface area (Å²) < 4.78 is 2.51. The molecule has 146 valence electrons. The largest absolute Gasteiger partial charge is 0.264 e. The fourth-order valence-electron chi connectivity index (χ4n) is 3.94. The maximum atomic E-state index is 4.92. The van der Waals surface area contributed by atoms with Crippen molar-refractivity contribution in [1.82, 2.24) is 15.0 Å². The van der Waals surface area contributed by atoms with Crippen LogP contribution >= 0.6 is 11.3 Å². The van der Waals surface area contributed by atoms with Crippen LogP contribution in [0.25, 0.3) is 53.9 Å². The standard InChI is InChI=1S/C27H17N3S/c1-2-9-25-21(6-1)22-7-3-8-23(26(22)31-25)27-29-16-14-24(30-27)19-12-10-18(11-13-19)20-5-4-15-28-17-20/h1-17H. The first-order chi connectivity index (χ1) is 15.4. The van der Waals surface area contributed by atoms with Gasteiger partial charge in [-0.15, -0.1) is 11.3 Å². The molecule has 0 saturated carbocycles. The Morgan fingerprint density at radius 2 is 1.45 bits per heavy atom. The Hall–Kier alpha value is -3.89. The Morgan fingerprint density at radius 3 is 2.32 bits per heavy atom. The summed E-state index contributed by atoms with van der Waals surface area (Å²) in [6.07, 6.45) is 5.51. The molecule has 0 atom stereocenters. The van der Waals surface area contributed by atoms with Gasteiger partial charge in [0.25, 0.3) is 0 Å². The number of hydrogen-bond acceptors (Lipinski definition) is 4. The quantitative estimate of drug-likeness (QED) is 0.306. The molecule has 4 heteroatoms. The maximum absolute atomic E-state index is 4.92. The van der Waals surface area contributed by atoms with Gasteiger partial charge in [-0.25, -0.2) is 9.97 Å². The van der Waals surface area contributed by atoms with Crippen LogP contribution < -0.4 is 0 Å². The normalized spacial score (nSPS) is 11.2. The van der Waals surface area contributed by atoms with Crippen molar-refractivity contribution >= 4 is 31.5 Å². The van der Waals surface area contributed by atoms with E-state index in [9.17, 15) is 0 Å². The van der Waals surface area contributed by atoms with E-state index in [1.807, 2.05) is 24.5 Å². The molecule has 6 rings (SSSR count). The topological polar surface area (TPSA) is 38.7 Å². The highest BCUT2D eigenvalue weighted by molar-refractivity contribution is 7.26. The summed E-state index contributed by atoms with van der Waals surface area (Å²) in [6, 6.07) is 29.3. The van der Waals surface area contributed by atoms with Crippen LogP contribution in [-0.2, 0) is 0 Å². The summed E-state index contributed by atoms with van der Waals surface area (Å²) in [7, 11) is 0. The van der Waals surface area contributed by atoms with E-state index in [4.69, 9.17) is 4.98 Å². The molecule has 0 fully saturated rings. The van der Waals surface area contributed by atoms with Crippen molar-refractivity contribution in [2.45, 2.75) is 0 Å². The fraction of sp³-hybridized carbons (Fsp3) is 0. The first kappa shape index (κ1) is 17.9. The van der Waals surface area contributed by atoms with Crippen molar-refractivity contribution in [2.24, 2.45) is 0 Å². The van der Waals surface area contributed by atoms with Crippen LogP contribution in [0.4, 0.5) is 0 Å². The fourth-order valence-corrected chi connectivity index (χ4v) is 5.15. The number of rotatable bonds is 3. The third-order valence-corrected chi connectivity index (χ3v) is 6.70. The van der Waals surface area contributed by atoms with Gasteiger partial charge in [-0.05, 0) is 35.4 Å². The molecule has 31 heavy (non-hydrogen) atoms. The monoisotopic (exact) mass is 415 g/mol. The van der Waals surface area contributed by atoms with Gasteiger partial charge in [-0.2, -0.15) is 0 Å². The van der Waals surface area contributed by atoms with Crippen LogP contribution in [0.1, 0.15) is 0 Å². The SMILES string of the molecule is c1cncc(-c2ccc(-c3ccnc(-c4cccc5c4sc4ccccc45)n3)cc2)c1. The van der Waals surface area contributed by atoms with E-state index in [-0.39, 0.29) is 0 Å². The zero-order valence-electron chi connectivity index (χ0n) is 16.6. The van der Waals surface area contributed by atoms with Crippen molar-refractivity contribution in [3.63, 3.8) is 0 Å². The number of thiophene rings is 1. The van der Waals surface area contributed by atoms with E-state index in [0.29, 0.717) is 0 Å². The lowest BCUT2D eigenvalue weighted by molar-refractivity contribution is 1.18. The molecule has 0 spiro atoms. The summed E-state index contributed by atoms with van der Waals surface area (Å²) in [5.74, 6) is 0.756. The summed E-state index contributed by atoms with van der Waals surface area (Å²) in [6.45, 7) is 0. The molecule has 0 bridgehead atoms. The molecule has 0 radical (unpaired) electrons. The zero-order valence-corrected chi connectivity index (χ0v) is 17.4. The highest BCUT2D eigenvalue weighted by Gasteiger charge is 2.12. The van der Waals surface area contributed by atoms with E-state index < -0.39 is 0 Å². The Balaban J connectivity index is 1.43. The summed E-state index contributed by atoms with van der Waals surface area (Å²) in [4.78, 5) is 13.7. The van der Waals surface area contributed by atoms with Gasteiger partial charge in [-0.1, -0.05) is 60.7 Å².